The number of fused-ring (bicyclic) bond motifs is 1. The largest absolute Gasteiger partial charge is 0.394 e. The van der Waals surface area contributed by atoms with Gasteiger partial charge in [0, 0.05) is 24.0 Å². The standard InChI is InChI=1S/C17H25NO2/c1-17(2)15(13-9-6-10-20-16(13)17)18-14(11-19)12-7-4-3-5-8-12/h3-5,7-8,13-16,18-19H,6,9-11H2,1-2H3/t13?,14-,15?,16?/m0/s1. The highest BCUT2D eigenvalue weighted by molar-refractivity contribution is 5.21. The molecule has 1 aromatic rings. The molecule has 4 atom stereocenters. The van der Waals surface area contributed by atoms with E-state index in [4.69, 9.17) is 4.74 Å². The Labute approximate surface area is 121 Å². The average molecular weight is 275 g/mol. The fourth-order valence-corrected chi connectivity index (χ4v) is 4.02. The number of aliphatic hydroxyl groups excluding tert-OH is 1. The maximum Gasteiger partial charge on any atom is 0.0684 e. The molecule has 0 aromatic heterocycles. The van der Waals surface area contributed by atoms with Crippen LogP contribution in [0.3, 0.4) is 0 Å². The van der Waals surface area contributed by atoms with Gasteiger partial charge in [-0.3, -0.25) is 0 Å². The van der Waals surface area contributed by atoms with Crippen LogP contribution in [0, 0.1) is 11.3 Å². The summed E-state index contributed by atoms with van der Waals surface area (Å²) >= 11 is 0. The highest BCUT2D eigenvalue weighted by Crippen LogP contribution is 2.51. The zero-order valence-corrected chi connectivity index (χ0v) is 12.4. The van der Waals surface area contributed by atoms with Crippen LogP contribution in [0.25, 0.3) is 0 Å². The highest BCUT2D eigenvalue weighted by atomic mass is 16.5. The second-order valence-corrected chi connectivity index (χ2v) is 6.71. The number of nitrogens with one attached hydrogen (secondary N) is 1. The molecule has 2 aliphatic rings. The number of aliphatic hydroxyl groups is 1. The van der Waals surface area contributed by atoms with E-state index in [-0.39, 0.29) is 18.1 Å². The number of ether oxygens (including phenoxy) is 1. The van der Waals surface area contributed by atoms with Gasteiger partial charge in [0.25, 0.3) is 0 Å². The van der Waals surface area contributed by atoms with Crippen molar-refractivity contribution in [2.75, 3.05) is 13.2 Å². The molecule has 1 saturated carbocycles. The summed E-state index contributed by atoms with van der Waals surface area (Å²) in [7, 11) is 0. The van der Waals surface area contributed by atoms with Crippen LogP contribution in [0.15, 0.2) is 30.3 Å². The molecule has 2 fully saturated rings. The van der Waals surface area contributed by atoms with E-state index in [2.05, 4.69) is 31.3 Å². The molecule has 1 aromatic carbocycles. The third-order valence-electron chi connectivity index (χ3n) is 5.10. The van der Waals surface area contributed by atoms with Crippen molar-refractivity contribution in [3.05, 3.63) is 35.9 Å². The number of hydrogen-bond donors (Lipinski definition) is 2. The van der Waals surface area contributed by atoms with Gasteiger partial charge < -0.3 is 15.2 Å². The summed E-state index contributed by atoms with van der Waals surface area (Å²) in [4.78, 5) is 0. The van der Waals surface area contributed by atoms with Crippen molar-refractivity contribution in [1.29, 1.82) is 0 Å². The molecule has 0 spiro atoms. The van der Waals surface area contributed by atoms with E-state index in [9.17, 15) is 5.11 Å². The molecule has 0 bridgehead atoms. The van der Waals surface area contributed by atoms with Gasteiger partial charge in [-0.2, -0.15) is 0 Å². The Morgan fingerprint density at radius 1 is 1.35 bits per heavy atom. The molecule has 1 heterocycles. The van der Waals surface area contributed by atoms with Gasteiger partial charge in [0.2, 0.25) is 0 Å². The van der Waals surface area contributed by atoms with Crippen molar-refractivity contribution in [1.82, 2.24) is 5.32 Å². The molecule has 3 unspecified atom stereocenters. The van der Waals surface area contributed by atoms with Crippen LogP contribution in [-0.2, 0) is 4.74 Å². The normalized spacial score (nSPS) is 33.0. The molecular formula is C17H25NO2. The van der Waals surface area contributed by atoms with Crippen LogP contribution >= 0.6 is 0 Å². The molecule has 1 aliphatic carbocycles. The molecule has 20 heavy (non-hydrogen) atoms. The van der Waals surface area contributed by atoms with E-state index < -0.39 is 0 Å². The summed E-state index contributed by atoms with van der Waals surface area (Å²) in [6, 6.07) is 10.7. The van der Waals surface area contributed by atoms with Crippen molar-refractivity contribution in [2.45, 2.75) is 44.9 Å². The first-order valence-electron chi connectivity index (χ1n) is 7.68. The summed E-state index contributed by atoms with van der Waals surface area (Å²) in [6.07, 6.45) is 2.77. The summed E-state index contributed by atoms with van der Waals surface area (Å²) < 4.78 is 5.94. The Balaban J connectivity index is 1.73. The number of benzene rings is 1. The lowest BCUT2D eigenvalue weighted by atomic mass is 9.55. The van der Waals surface area contributed by atoms with Gasteiger partial charge in [0.15, 0.2) is 0 Å². The Hall–Kier alpha value is -0.900. The second-order valence-electron chi connectivity index (χ2n) is 6.71. The Morgan fingerprint density at radius 2 is 2.10 bits per heavy atom. The molecule has 3 nitrogen and oxygen atoms in total. The average Bonchev–Trinajstić information content (AvgIpc) is 2.49. The van der Waals surface area contributed by atoms with E-state index >= 15 is 0 Å². The number of hydrogen-bond acceptors (Lipinski definition) is 3. The van der Waals surface area contributed by atoms with E-state index in [1.54, 1.807) is 0 Å². The maximum absolute atomic E-state index is 9.72. The molecule has 1 aliphatic heterocycles. The highest BCUT2D eigenvalue weighted by Gasteiger charge is 2.58. The van der Waals surface area contributed by atoms with Gasteiger partial charge in [-0.05, 0) is 18.4 Å². The van der Waals surface area contributed by atoms with Crippen LogP contribution < -0.4 is 5.32 Å². The van der Waals surface area contributed by atoms with Gasteiger partial charge in [0.1, 0.15) is 0 Å². The molecule has 1 saturated heterocycles. The Morgan fingerprint density at radius 3 is 2.80 bits per heavy atom. The minimum Gasteiger partial charge on any atom is -0.394 e. The van der Waals surface area contributed by atoms with Crippen LogP contribution in [-0.4, -0.2) is 30.5 Å². The first-order valence-corrected chi connectivity index (χ1v) is 7.68. The first-order chi connectivity index (χ1) is 9.64. The lowest BCUT2D eigenvalue weighted by Crippen LogP contribution is -2.69. The molecule has 2 N–H and O–H groups in total. The third-order valence-corrected chi connectivity index (χ3v) is 5.10. The molecule has 3 rings (SSSR count). The van der Waals surface area contributed by atoms with Crippen molar-refractivity contribution in [2.24, 2.45) is 11.3 Å². The molecular weight excluding hydrogens is 250 g/mol. The zero-order chi connectivity index (χ0) is 14.2. The number of rotatable bonds is 4. The van der Waals surface area contributed by atoms with Gasteiger partial charge >= 0.3 is 0 Å². The van der Waals surface area contributed by atoms with Crippen LogP contribution in [0.2, 0.25) is 0 Å². The summed E-state index contributed by atoms with van der Waals surface area (Å²) in [6.45, 7) is 5.58. The lowest BCUT2D eigenvalue weighted by molar-refractivity contribution is -0.195. The summed E-state index contributed by atoms with van der Waals surface area (Å²) in [5, 5.41) is 13.4. The van der Waals surface area contributed by atoms with Crippen LogP contribution in [0.1, 0.15) is 38.3 Å². The van der Waals surface area contributed by atoms with Crippen molar-refractivity contribution < 1.29 is 9.84 Å². The molecule has 110 valence electrons. The van der Waals surface area contributed by atoms with Crippen LogP contribution in [0.4, 0.5) is 0 Å². The van der Waals surface area contributed by atoms with Gasteiger partial charge in [-0.1, -0.05) is 44.2 Å². The van der Waals surface area contributed by atoms with E-state index in [1.807, 2.05) is 18.2 Å². The minimum atomic E-state index is 0.0170. The minimum absolute atomic E-state index is 0.0170. The SMILES string of the molecule is CC1(C)C(N[C@@H](CO)c2ccccc2)C2CCCOC21. The topological polar surface area (TPSA) is 41.5 Å². The van der Waals surface area contributed by atoms with E-state index in [0.717, 1.165) is 18.6 Å². The van der Waals surface area contributed by atoms with Gasteiger partial charge in [-0.25, -0.2) is 0 Å². The monoisotopic (exact) mass is 275 g/mol. The van der Waals surface area contributed by atoms with Gasteiger partial charge in [0.05, 0.1) is 18.8 Å². The lowest BCUT2D eigenvalue weighted by Gasteiger charge is -2.60. The van der Waals surface area contributed by atoms with Gasteiger partial charge in [-0.15, -0.1) is 0 Å². The third kappa shape index (κ3) is 2.28. The second kappa shape index (κ2) is 5.47. The van der Waals surface area contributed by atoms with Crippen molar-refractivity contribution in [3.63, 3.8) is 0 Å². The fourth-order valence-electron chi connectivity index (χ4n) is 4.02. The fraction of sp³-hybridized carbons (Fsp3) is 0.647. The molecule has 0 radical (unpaired) electrons. The van der Waals surface area contributed by atoms with Crippen molar-refractivity contribution >= 4 is 0 Å². The van der Waals surface area contributed by atoms with Crippen molar-refractivity contribution in [3.8, 4) is 0 Å². The smallest absolute Gasteiger partial charge is 0.0684 e. The predicted molar refractivity (Wildman–Crippen MR) is 79.4 cm³/mol. The van der Waals surface area contributed by atoms with E-state index in [0.29, 0.717) is 18.1 Å². The molecule has 0 amide bonds. The Kier molecular flexibility index (Phi) is 3.85. The summed E-state index contributed by atoms with van der Waals surface area (Å²) in [5.41, 5.74) is 1.30. The predicted octanol–water partition coefficient (Wildman–Crippen LogP) is 2.51. The molecule has 3 heteroatoms. The van der Waals surface area contributed by atoms with Crippen LogP contribution in [0.5, 0.6) is 0 Å². The zero-order valence-electron chi connectivity index (χ0n) is 12.4. The quantitative estimate of drug-likeness (QED) is 0.887. The first kappa shape index (κ1) is 14.1. The van der Waals surface area contributed by atoms with E-state index in [1.165, 1.54) is 6.42 Å². The summed E-state index contributed by atoms with van der Waals surface area (Å²) in [5.74, 6) is 0.594. The maximum atomic E-state index is 9.72. The Bertz CT molecular complexity index is 446.